The third-order valence-corrected chi connectivity index (χ3v) is 4.50. The van der Waals surface area contributed by atoms with Gasteiger partial charge in [-0.3, -0.25) is 0 Å². The topological polar surface area (TPSA) is 24.5 Å². The number of nitrogens with zero attached hydrogens (tertiary/aromatic N) is 1. The van der Waals surface area contributed by atoms with E-state index in [0.29, 0.717) is 5.02 Å². The Kier molecular flexibility index (Phi) is 3.30. The molecule has 2 heterocycles. The highest BCUT2D eigenvalue weighted by molar-refractivity contribution is 6.31. The molecular weight excluding hydrogens is 319 g/mol. The van der Waals surface area contributed by atoms with Gasteiger partial charge in [0.1, 0.15) is 5.75 Å². The molecular formula is C17H14Cl2N2O. The van der Waals surface area contributed by atoms with Gasteiger partial charge in [-0.2, -0.15) is 5.01 Å². The lowest BCUT2D eigenvalue weighted by molar-refractivity contribution is -0.0171. The van der Waals surface area contributed by atoms with Crippen LogP contribution in [0.1, 0.15) is 24.1 Å². The Hall–Kier alpha value is -1.68. The maximum Gasteiger partial charge on any atom is 0.166 e. The minimum atomic E-state index is -0.0697. The van der Waals surface area contributed by atoms with Gasteiger partial charge in [0.2, 0.25) is 0 Å². The monoisotopic (exact) mass is 332 g/mol. The van der Waals surface area contributed by atoms with Gasteiger partial charge in [0.15, 0.2) is 6.23 Å². The standard InChI is InChI=1S/C17H14Cl2N2O/c1-10-21-16(14-8-13(19)6-7-17(14)22-10)9-15(20-21)11-2-4-12(18)5-3-11/h2-10,16,20H,1H3/t10-,16-/m1/s1. The fourth-order valence-electron chi connectivity index (χ4n) is 2.93. The van der Waals surface area contributed by atoms with E-state index in [-0.39, 0.29) is 12.3 Å². The third kappa shape index (κ3) is 2.26. The average molecular weight is 333 g/mol. The van der Waals surface area contributed by atoms with Crippen molar-refractivity contribution in [3.8, 4) is 5.75 Å². The minimum absolute atomic E-state index is 0.0697. The SMILES string of the molecule is C[C@H]1Oc2ccc(Cl)cc2[C@H]2C=C(c3ccc(Cl)cc3)NN21. The van der Waals surface area contributed by atoms with Gasteiger partial charge in [0, 0.05) is 15.6 Å². The van der Waals surface area contributed by atoms with E-state index in [0.717, 1.165) is 27.6 Å². The molecule has 3 nitrogen and oxygen atoms in total. The Labute approximate surface area is 139 Å². The molecule has 0 aromatic heterocycles. The van der Waals surface area contributed by atoms with Gasteiger partial charge < -0.3 is 10.2 Å². The quantitative estimate of drug-likeness (QED) is 0.823. The highest BCUT2D eigenvalue weighted by Crippen LogP contribution is 2.42. The molecule has 22 heavy (non-hydrogen) atoms. The molecule has 0 saturated carbocycles. The lowest BCUT2D eigenvalue weighted by atomic mass is 10.0. The summed E-state index contributed by atoms with van der Waals surface area (Å²) in [5.74, 6) is 0.883. The zero-order valence-electron chi connectivity index (χ0n) is 11.9. The van der Waals surface area contributed by atoms with Crippen LogP contribution in [0, 0.1) is 0 Å². The number of fused-ring (bicyclic) bond motifs is 3. The van der Waals surface area contributed by atoms with Crippen LogP contribution in [-0.4, -0.2) is 11.2 Å². The molecule has 112 valence electrons. The van der Waals surface area contributed by atoms with E-state index >= 15 is 0 Å². The van der Waals surface area contributed by atoms with Gasteiger partial charge in [-0.25, -0.2) is 0 Å². The first-order valence-corrected chi connectivity index (χ1v) is 7.86. The van der Waals surface area contributed by atoms with Crippen LogP contribution in [0.5, 0.6) is 5.75 Å². The van der Waals surface area contributed by atoms with Crippen molar-refractivity contribution >= 4 is 28.9 Å². The predicted molar refractivity (Wildman–Crippen MR) is 88.7 cm³/mol. The molecule has 2 aromatic rings. The first-order chi connectivity index (χ1) is 10.6. The summed E-state index contributed by atoms with van der Waals surface area (Å²) >= 11 is 12.1. The second-order valence-corrected chi connectivity index (χ2v) is 6.32. The number of rotatable bonds is 1. The summed E-state index contributed by atoms with van der Waals surface area (Å²) in [6, 6.07) is 13.6. The molecule has 0 aliphatic carbocycles. The van der Waals surface area contributed by atoms with Crippen molar-refractivity contribution in [1.29, 1.82) is 0 Å². The lowest BCUT2D eigenvalue weighted by Crippen LogP contribution is -2.46. The molecule has 2 aliphatic rings. The number of ether oxygens (including phenoxy) is 1. The number of hydrogen-bond acceptors (Lipinski definition) is 3. The van der Waals surface area contributed by atoms with Crippen molar-refractivity contribution in [3.63, 3.8) is 0 Å². The van der Waals surface area contributed by atoms with Crippen molar-refractivity contribution in [2.24, 2.45) is 0 Å². The Bertz CT molecular complexity index is 758. The van der Waals surface area contributed by atoms with Crippen LogP contribution in [0.2, 0.25) is 10.0 Å². The first kappa shape index (κ1) is 13.9. The molecule has 2 aliphatic heterocycles. The number of hydrazine groups is 1. The van der Waals surface area contributed by atoms with Gasteiger partial charge in [0.25, 0.3) is 0 Å². The summed E-state index contributed by atoms with van der Waals surface area (Å²) in [6.45, 7) is 2.02. The van der Waals surface area contributed by atoms with Gasteiger partial charge >= 0.3 is 0 Å². The molecule has 1 N–H and O–H groups in total. The van der Waals surface area contributed by atoms with Crippen LogP contribution >= 0.6 is 23.2 Å². The Morgan fingerprint density at radius 1 is 1.05 bits per heavy atom. The zero-order valence-corrected chi connectivity index (χ0v) is 13.4. The van der Waals surface area contributed by atoms with E-state index in [4.69, 9.17) is 27.9 Å². The molecule has 0 amide bonds. The fraction of sp³-hybridized carbons (Fsp3) is 0.176. The van der Waals surface area contributed by atoms with Crippen LogP contribution in [0.25, 0.3) is 5.70 Å². The van der Waals surface area contributed by atoms with E-state index in [1.165, 1.54) is 0 Å². The van der Waals surface area contributed by atoms with E-state index in [1.54, 1.807) is 0 Å². The summed E-state index contributed by atoms with van der Waals surface area (Å²) in [5.41, 5.74) is 6.63. The molecule has 0 saturated heterocycles. The fourth-order valence-corrected chi connectivity index (χ4v) is 3.24. The van der Waals surface area contributed by atoms with E-state index in [1.807, 2.05) is 49.4 Å². The normalized spacial score (nSPS) is 23.1. The smallest absolute Gasteiger partial charge is 0.166 e. The molecule has 5 heteroatoms. The maximum absolute atomic E-state index is 6.14. The molecule has 0 radical (unpaired) electrons. The number of hydrogen-bond donors (Lipinski definition) is 1. The van der Waals surface area contributed by atoms with Gasteiger partial charge in [-0.05, 0) is 48.9 Å². The molecule has 2 aromatic carbocycles. The number of nitrogens with one attached hydrogen (secondary N) is 1. The molecule has 0 bridgehead atoms. The van der Waals surface area contributed by atoms with E-state index in [9.17, 15) is 0 Å². The molecule has 0 spiro atoms. The third-order valence-electron chi connectivity index (χ3n) is 4.01. The van der Waals surface area contributed by atoms with Crippen LogP contribution < -0.4 is 10.2 Å². The van der Waals surface area contributed by atoms with E-state index < -0.39 is 0 Å². The Morgan fingerprint density at radius 2 is 1.77 bits per heavy atom. The predicted octanol–water partition coefficient (Wildman–Crippen LogP) is 4.63. The van der Waals surface area contributed by atoms with Crippen molar-refractivity contribution in [2.75, 3.05) is 0 Å². The van der Waals surface area contributed by atoms with Crippen LogP contribution in [-0.2, 0) is 0 Å². The van der Waals surface area contributed by atoms with Gasteiger partial charge in [-0.15, -0.1) is 0 Å². The molecule has 4 rings (SSSR count). The second kappa shape index (κ2) is 5.20. The van der Waals surface area contributed by atoms with Crippen LogP contribution in [0.15, 0.2) is 48.5 Å². The largest absolute Gasteiger partial charge is 0.473 e. The molecule has 2 atom stereocenters. The van der Waals surface area contributed by atoms with Gasteiger partial charge in [-0.1, -0.05) is 35.3 Å². The second-order valence-electron chi connectivity index (χ2n) is 5.45. The Morgan fingerprint density at radius 3 is 2.55 bits per heavy atom. The van der Waals surface area contributed by atoms with Crippen molar-refractivity contribution in [3.05, 3.63) is 69.7 Å². The van der Waals surface area contributed by atoms with Crippen molar-refractivity contribution in [1.82, 2.24) is 10.4 Å². The number of halogens is 2. The van der Waals surface area contributed by atoms with Crippen LogP contribution in [0.3, 0.4) is 0 Å². The van der Waals surface area contributed by atoms with Crippen molar-refractivity contribution in [2.45, 2.75) is 19.2 Å². The summed E-state index contributed by atoms with van der Waals surface area (Å²) in [6.07, 6.45) is 2.12. The zero-order chi connectivity index (χ0) is 15.3. The maximum atomic E-state index is 6.14. The summed E-state index contributed by atoms with van der Waals surface area (Å²) in [7, 11) is 0. The van der Waals surface area contributed by atoms with Crippen LogP contribution in [0.4, 0.5) is 0 Å². The highest BCUT2D eigenvalue weighted by atomic mass is 35.5. The summed E-state index contributed by atoms with van der Waals surface area (Å²) in [5, 5.41) is 3.53. The minimum Gasteiger partial charge on any atom is -0.473 e. The number of benzene rings is 2. The molecule has 0 unspecified atom stereocenters. The average Bonchev–Trinajstić information content (AvgIpc) is 2.95. The van der Waals surface area contributed by atoms with Gasteiger partial charge in [0.05, 0.1) is 11.7 Å². The Balaban J connectivity index is 1.76. The lowest BCUT2D eigenvalue weighted by Gasteiger charge is -2.37. The van der Waals surface area contributed by atoms with Crippen molar-refractivity contribution < 1.29 is 4.74 Å². The first-order valence-electron chi connectivity index (χ1n) is 7.11. The summed E-state index contributed by atoms with van der Waals surface area (Å²) in [4.78, 5) is 0. The summed E-state index contributed by atoms with van der Waals surface area (Å²) < 4.78 is 5.95. The van der Waals surface area contributed by atoms with E-state index in [2.05, 4.69) is 16.5 Å². The molecule has 0 fully saturated rings. The highest BCUT2D eigenvalue weighted by Gasteiger charge is 2.37.